The van der Waals surface area contributed by atoms with Crippen LogP contribution in [0.2, 0.25) is 0 Å². The number of hydrogen-bond acceptors (Lipinski definition) is 2. The van der Waals surface area contributed by atoms with E-state index in [1.54, 1.807) is 0 Å². The molecule has 0 heterocycles. The Kier molecular flexibility index (Phi) is 4.20. The molecule has 0 aliphatic heterocycles. The van der Waals surface area contributed by atoms with Gasteiger partial charge in [0.15, 0.2) is 0 Å². The van der Waals surface area contributed by atoms with Crippen LogP contribution in [0.5, 0.6) is 0 Å². The molecular formula is C11H24N2. The van der Waals surface area contributed by atoms with E-state index in [-0.39, 0.29) is 0 Å². The summed E-state index contributed by atoms with van der Waals surface area (Å²) in [6.07, 6.45) is 6.40. The zero-order valence-electron chi connectivity index (χ0n) is 9.29. The minimum absolute atomic E-state index is 0.482. The quantitative estimate of drug-likeness (QED) is 0.725. The molecule has 13 heavy (non-hydrogen) atoms. The Hall–Kier alpha value is -0.0800. The summed E-state index contributed by atoms with van der Waals surface area (Å²) in [4.78, 5) is 2.38. The monoisotopic (exact) mass is 184 g/mol. The van der Waals surface area contributed by atoms with Crippen molar-refractivity contribution in [1.82, 2.24) is 4.90 Å². The van der Waals surface area contributed by atoms with Crippen LogP contribution in [0.3, 0.4) is 0 Å². The SMILES string of the molecule is CCC(C1CCC(N)CC1)N(C)C. The third kappa shape index (κ3) is 2.96. The molecule has 1 saturated carbocycles. The van der Waals surface area contributed by atoms with Gasteiger partial charge in [-0.1, -0.05) is 6.92 Å². The fourth-order valence-corrected chi connectivity index (χ4v) is 2.65. The molecule has 1 atom stereocenters. The fourth-order valence-electron chi connectivity index (χ4n) is 2.65. The van der Waals surface area contributed by atoms with Crippen molar-refractivity contribution in [2.45, 2.75) is 51.1 Å². The molecule has 2 N–H and O–H groups in total. The van der Waals surface area contributed by atoms with Crippen LogP contribution in [0.4, 0.5) is 0 Å². The van der Waals surface area contributed by atoms with Gasteiger partial charge in [-0.2, -0.15) is 0 Å². The van der Waals surface area contributed by atoms with Gasteiger partial charge in [0.25, 0.3) is 0 Å². The summed E-state index contributed by atoms with van der Waals surface area (Å²) in [6.45, 7) is 2.29. The topological polar surface area (TPSA) is 29.3 Å². The van der Waals surface area contributed by atoms with Gasteiger partial charge in [-0.15, -0.1) is 0 Å². The first-order chi connectivity index (χ1) is 6.15. The van der Waals surface area contributed by atoms with Crippen molar-refractivity contribution < 1.29 is 0 Å². The van der Waals surface area contributed by atoms with Crippen LogP contribution in [0, 0.1) is 5.92 Å². The summed E-state index contributed by atoms with van der Waals surface area (Å²) < 4.78 is 0. The van der Waals surface area contributed by atoms with E-state index in [2.05, 4.69) is 25.9 Å². The first kappa shape index (κ1) is 11.0. The van der Waals surface area contributed by atoms with Gasteiger partial charge in [0.05, 0.1) is 0 Å². The average molecular weight is 184 g/mol. The maximum absolute atomic E-state index is 5.90. The van der Waals surface area contributed by atoms with Crippen LogP contribution in [0.15, 0.2) is 0 Å². The Morgan fingerprint density at radius 2 is 1.77 bits per heavy atom. The summed E-state index contributed by atoms with van der Waals surface area (Å²) in [7, 11) is 4.39. The molecule has 1 rings (SSSR count). The van der Waals surface area contributed by atoms with E-state index in [4.69, 9.17) is 5.73 Å². The molecule has 2 nitrogen and oxygen atoms in total. The summed E-state index contributed by atoms with van der Waals surface area (Å²) >= 11 is 0. The lowest BCUT2D eigenvalue weighted by Crippen LogP contribution is -2.39. The first-order valence-corrected chi connectivity index (χ1v) is 5.57. The molecule has 0 bridgehead atoms. The second-order valence-corrected chi connectivity index (χ2v) is 4.61. The van der Waals surface area contributed by atoms with Gasteiger partial charge in [-0.25, -0.2) is 0 Å². The van der Waals surface area contributed by atoms with E-state index in [1.165, 1.54) is 32.1 Å². The molecule has 0 amide bonds. The molecule has 78 valence electrons. The van der Waals surface area contributed by atoms with Crippen molar-refractivity contribution in [3.63, 3.8) is 0 Å². The molecule has 0 radical (unpaired) electrons. The largest absolute Gasteiger partial charge is 0.328 e. The molecule has 1 fully saturated rings. The summed E-state index contributed by atoms with van der Waals surface area (Å²) in [6, 6.07) is 1.25. The zero-order chi connectivity index (χ0) is 9.84. The Morgan fingerprint density at radius 1 is 1.23 bits per heavy atom. The molecule has 2 heteroatoms. The standard InChI is InChI=1S/C11H24N2/c1-4-11(13(2)3)9-5-7-10(12)8-6-9/h9-11H,4-8,12H2,1-3H3. The Labute approximate surface area is 82.5 Å². The molecule has 0 aromatic heterocycles. The lowest BCUT2D eigenvalue weighted by molar-refractivity contribution is 0.159. The number of hydrogen-bond donors (Lipinski definition) is 1. The van der Waals surface area contributed by atoms with Gasteiger partial charge in [0.1, 0.15) is 0 Å². The zero-order valence-corrected chi connectivity index (χ0v) is 9.29. The fraction of sp³-hybridized carbons (Fsp3) is 1.00. The molecular weight excluding hydrogens is 160 g/mol. The maximum Gasteiger partial charge on any atom is 0.0115 e. The van der Waals surface area contributed by atoms with Gasteiger partial charge >= 0.3 is 0 Å². The molecule has 1 aliphatic rings. The number of nitrogens with zero attached hydrogens (tertiary/aromatic N) is 1. The first-order valence-electron chi connectivity index (χ1n) is 5.57. The molecule has 0 spiro atoms. The summed E-state index contributed by atoms with van der Waals surface area (Å²) in [5, 5.41) is 0. The van der Waals surface area contributed by atoms with Gasteiger partial charge in [-0.05, 0) is 52.1 Å². The highest BCUT2D eigenvalue weighted by Crippen LogP contribution is 2.29. The lowest BCUT2D eigenvalue weighted by atomic mass is 9.80. The molecule has 0 aromatic rings. The predicted molar refractivity (Wildman–Crippen MR) is 57.7 cm³/mol. The van der Waals surface area contributed by atoms with E-state index >= 15 is 0 Å². The number of rotatable bonds is 3. The Bertz CT molecular complexity index is 137. The second kappa shape index (κ2) is 4.97. The predicted octanol–water partition coefficient (Wildman–Crippen LogP) is 1.84. The van der Waals surface area contributed by atoms with E-state index in [0.717, 1.165) is 12.0 Å². The Morgan fingerprint density at radius 3 is 2.15 bits per heavy atom. The van der Waals surface area contributed by atoms with Crippen LogP contribution in [-0.4, -0.2) is 31.1 Å². The van der Waals surface area contributed by atoms with E-state index in [9.17, 15) is 0 Å². The highest BCUT2D eigenvalue weighted by Gasteiger charge is 2.26. The van der Waals surface area contributed by atoms with E-state index in [0.29, 0.717) is 6.04 Å². The van der Waals surface area contributed by atoms with E-state index < -0.39 is 0 Å². The average Bonchev–Trinajstić information content (AvgIpc) is 2.09. The van der Waals surface area contributed by atoms with Crippen molar-refractivity contribution in [3.05, 3.63) is 0 Å². The van der Waals surface area contributed by atoms with Crippen LogP contribution >= 0.6 is 0 Å². The smallest absolute Gasteiger partial charge is 0.0115 e. The minimum atomic E-state index is 0.482. The van der Waals surface area contributed by atoms with Crippen LogP contribution in [-0.2, 0) is 0 Å². The van der Waals surface area contributed by atoms with Gasteiger partial charge in [0.2, 0.25) is 0 Å². The third-order valence-corrected chi connectivity index (χ3v) is 3.44. The Balaban J connectivity index is 2.41. The normalized spacial score (nSPS) is 32.1. The van der Waals surface area contributed by atoms with E-state index in [1.807, 2.05) is 0 Å². The summed E-state index contributed by atoms with van der Waals surface area (Å²) in [5.74, 6) is 0.889. The second-order valence-electron chi connectivity index (χ2n) is 4.61. The highest BCUT2D eigenvalue weighted by molar-refractivity contribution is 4.82. The molecule has 0 saturated heterocycles. The van der Waals surface area contributed by atoms with Crippen molar-refractivity contribution in [1.29, 1.82) is 0 Å². The van der Waals surface area contributed by atoms with Crippen molar-refractivity contribution in [2.75, 3.05) is 14.1 Å². The van der Waals surface area contributed by atoms with Gasteiger partial charge in [-0.3, -0.25) is 0 Å². The van der Waals surface area contributed by atoms with Crippen LogP contribution in [0.1, 0.15) is 39.0 Å². The highest BCUT2D eigenvalue weighted by atomic mass is 15.1. The van der Waals surface area contributed by atoms with Crippen molar-refractivity contribution in [3.8, 4) is 0 Å². The number of nitrogens with two attached hydrogens (primary N) is 1. The molecule has 0 aromatic carbocycles. The van der Waals surface area contributed by atoms with Crippen molar-refractivity contribution in [2.24, 2.45) is 11.7 Å². The van der Waals surface area contributed by atoms with Gasteiger partial charge < -0.3 is 10.6 Å². The van der Waals surface area contributed by atoms with Gasteiger partial charge in [0, 0.05) is 12.1 Å². The molecule has 1 aliphatic carbocycles. The maximum atomic E-state index is 5.90. The lowest BCUT2D eigenvalue weighted by Gasteiger charge is -2.35. The van der Waals surface area contributed by atoms with Crippen molar-refractivity contribution >= 4 is 0 Å². The minimum Gasteiger partial charge on any atom is -0.328 e. The summed E-state index contributed by atoms with van der Waals surface area (Å²) in [5.41, 5.74) is 5.90. The van der Waals surface area contributed by atoms with Crippen LogP contribution < -0.4 is 5.73 Å². The molecule has 1 unspecified atom stereocenters. The van der Waals surface area contributed by atoms with Crippen LogP contribution in [0.25, 0.3) is 0 Å². The third-order valence-electron chi connectivity index (χ3n) is 3.44.